The minimum absolute atomic E-state index is 0.227. The van der Waals surface area contributed by atoms with Crippen LogP contribution in [0, 0.1) is 5.82 Å². The Balaban J connectivity index is 1.56. The van der Waals surface area contributed by atoms with Gasteiger partial charge in [-0.3, -0.25) is 14.6 Å². The molecule has 0 atom stereocenters. The predicted octanol–water partition coefficient (Wildman–Crippen LogP) is 3.49. The molecule has 0 fully saturated rings. The Hall–Kier alpha value is -2.53. The summed E-state index contributed by atoms with van der Waals surface area (Å²) in [4.78, 5) is 6.50. The van der Waals surface area contributed by atoms with Crippen LogP contribution >= 0.6 is 0 Å². The van der Waals surface area contributed by atoms with Gasteiger partial charge in [0.05, 0.1) is 11.4 Å². The molecule has 1 aromatic carbocycles. The molecule has 4 nitrogen and oxygen atoms in total. The Bertz CT molecular complexity index is 828. The van der Waals surface area contributed by atoms with Crippen molar-refractivity contribution in [3.63, 3.8) is 0 Å². The van der Waals surface area contributed by atoms with Crippen molar-refractivity contribution in [3.8, 4) is 11.3 Å². The molecule has 0 spiro atoms. The second-order valence-corrected chi connectivity index (χ2v) is 6.17. The van der Waals surface area contributed by atoms with Gasteiger partial charge in [-0.15, -0.1) is 0 Å². The zero-order valence-electron chi connectivity index (χ0n) is 13.4. The quantitative estimate of drug-likeness (QED) is 0.740. The van der Waals surface area contributed by atoms with Crippen LogP contribution in [0.5, 0.6) is 0 Å². The number of rotatable bonds is 3. The maximum absolute atomic E-state index is 13.5. The van der Waals surface area contributed by atoms with E-state index in [1.807, 2.05) is 18.5 Å². The molecule has 1 aliphatic heterocycles. The molecule has 0 saturated heterocycles. The van der Waals surface area contributed by atoms with E-state index in [1.165, 1.54) is 23.4 Å². The van der Waals surface area contributed by atoms with E-state index in [4.69, 9.17) is 0 Å². The Morgan fingerprint density at radius 2 is 1.92 bits per heavy atom. The zero-order chi connectivity index (χ0) is 16.4. The summed E-state index contributed by atoms with van der Waals surface area (Å²) in [6, 6.07) is 12.8. The molecule has 3 heterocycles. The minimum Gasteiger partial charge on any atom is -0.293 e. The average Bonchev–Trinajstić information content (AvgIpc) is 2.89. The van der Waals surface area contributed by atoms with Gasteiger partial charge < -0.3 is 0 Å². The Morgan fingerprint density at radius 1 is 1.04 bits per heavy atom. The molecule has 2 aromatic heterocycles. The van der Waals surface area contributed by atoms with Crippen molar-refractivity contribution < 1.29 is 4.39 Å². The summed E-state index contributed by atoms with van der Waals surface area (Å²) < 4.78 is 15.5. The van der Waals surface area contributed by atoms with Crippen LogP contribution in [0.25, 0.3) is 11.3 Å². The lowest BCUT2D eigenvalue weighted by molar-refractivity contribution is 0.261. The molecule has 0 bridgehead atoms. The number of pyridine rings is 1. The fraction of sp³-hybridized carbons (Fsp3) is 0.263. The van der Waals surface area contributed by atoms with Crippen LogP contribution < -0.4 is 0 Å². The highest BCUT2D eigenvalue weighted by Crippen LogP contribution is 2.23. The van der Waals surface area contributed by atoms with Crippen molar-refractivity contribution in [2.45, 2.75) is 26.1 Å². The van der Waals surface area contributed by atoms with Gasteiger partial charge in [0.25, 0.3) is 0 Å². The van der Waals surface area contributed by atoms with Crippen molar-refractivity contribution in [2.24, 2.45) is 0 Å². The summed E-state index contributed by atoms with van der Waals surface area (Å²) >= 11 is 0. The maximum atomic E-state index is 13.5. The number of hydrogen-bond donors (Lipinski definition) is 0. The molecular weight excluding hydrogens is 303 g/mol. The van der Waals surface area contributed by atoms with E-state index in [1.54, 1.807) is 6.07 Å². The number of fused-ring (bicyclic) bond motifs is 1. The predicted molar refractivity (Wildman–Crippen MR) is 90.6 cm³/mol. The number of halogens is 1. The molecule has 0 amide bonds. The van der Waals surface area contributed by atoms with E-state index in [9.17, 15) is 4.39 Å². The minimum atomic E-state index is -0.227. The topological polar surface area (TPSA) is 34.0 Å². The SMILES string of the molecule is Fc1cccc(-c2cc3n(n2)CCCN(Cc2ccncc2)C3)c1. The number of nitrogens with zero attached hydrogens (tertiary/aromatic N) is 4. The summed E-state index contributed by atoms with van der Waals surface area (Å²) in [6.45, 7) is 3.70. The Labute approximate surface area is 140 Å². The van der Waals surface area contributed by atoms with Crippen LogP contribution in [0.3, 0.4) is 0 Å². The highest BCUT2D eigenvalue weighted by Gasteiger charge is 2.17. The monoisotopic (exact) mass is 322 g/mol. The first-order valence-electron chi connectivity index (χ1n) is 8.22. The van der Waals surface area contributed by atoms with Gasteiger partial charge in [0, 0.05) is 44.1 Å². The number of aromatic nitrogens is 3. The molecule has 0 radical (unpaired) electrons. The molecule has 0 aliphatic carbocycles. The van der Waals surface area contributed by atoms with Gasteiger partial charge in [0.1, 0.15) is 5.82 Å². The molecule has 3 aromatic rings. The maximum Gasteiger partial charge on any atom is 0.123 e. The Kier molecular flexibility index (Phi) is 4.09. The Morgan fingerprint density at radius 3 is 2.75 bits per heavy atom. The summed E-state index contributed by atoms with van der Waals surface area (Å²) in [6.07, 6.45) is 4.72. The third-order valence-electron chi connectivity index (χ3n) is 4.37. The van der Waals surface area contributed by atoms with Crippen LogP contribution in [0.2, 0.25) is 0 Å². The first-order valence-corrected chi connectivity index (χ1v) is 8.22. The van der Waals surface area contributed by atoms with Crippen LogP contribution in [0.1, 0.15) is 17.7 Å². The second-order valence-electron chi connectivity index (χ2n) is 6.17. The van der Waals surface area contributed by atoms with Gasteiger partial charge in [-0.05, 0) is 42.3 Å². The van der Waals surface area contributed by atoms with Crippen LogP contribution in [-0.4, -0.2) is 26.2 Å². The van der Waals surface area contributed by atoms with E-state index < -0.39 is 0 Å². The van der Waals surface area contributed by atoms with E-state index in [-0.39, 0.29) is 5.82 Å². The molecule has 0 N–H and O–H groups in total. The first-order chi connectivity index (χ1) is 11.8. The highest BCUT2D eigenvalue weighted by atomic mass is 19.1. The van der Waals surface area contributed by atoms with E-state index in [0.717, 1.165) is 43.9 Å². The summed E-state index contributed by atoms with van der Waals surface area (Å²) in [7, 11) is 0. The molecule has 122 valence electrons. The average molecular weight is 322 g/mol. The summed E-state index contributed by atoms with van der Waals surface area (Å²) in [5.41, 5.74) is 4.12. The van der Waals surface area contributed by atoms with Crippen molar-refractivity contribution in [2.75, 3.05) is 6.54 Å². The van der Waals surface area contributed by atoms with Gasteiger partial charge >= 0.3 is 0 Å². The largest absolute Gasteiger partial charge is 0.293 e. The van der Waals surface area contributed by atoms with Crippen LogP contribution in [0.4, 0.5) is 4.39 Å². The standard InChI is InChI=1S/C19H19FN4/c20-17-4-1-3-16(11-17)19-12-18-14-23(9-2-10-24(18)22-19)13-15-5-7-21-8-6-15/h1,3-8,11-12H,2,9-10,13-14H2. The molecule has 4 rings (SSSR count). The lowest BCUT2D eigenvalue weighted by Crippen LogP contribution is -2.22. The molecular formula is C19H19FN4. The van der Waals surface area contributed by atoms with Crippen molar-refractivity contribution in [3.05, 3.63) is 71.9 Å². The van der Waals surface area contributed by atoms with E-state index >= 15 is 0 Å². The normalized spacial score (nSPS) is 15.0. The third kappa shape index (κ3) is 3.21. The zero-order valence-corrected chi connectivity index (χ0v) is 13.4. The summed E-state index contributed by atoms with van der Waals surface area (Å²) in [5.74, 6) is -0.227. The second kappa shape index (κ2) is 6.53. The van der Waals surface area contributed by atoms with Gasteiger partial charge in [0.15, 0.2) is 0 Å². The number of benzene rings is 1. The van der Waals surface area contributed by atoms with Gasteiger partial charge in [-0.25, -0.2) is 4.39 Å². The lowest BCUT2D eigenvalue weighted by Gasteiger charge is -2.19. The lowest BCUT2D eigenvalue weighted by atomic mass is 10.1. The van der Waals surface area contributed by atoms with Gasteiger partial charge in [-0.1, -0.05) is 12.1 Å². The van der Waals surface area contributed by atoms with E-state index in [2.05, 4.69) is 37.9 Å². The van der Waals surface area contributed by atoms with Crippen molar-refractivity contribution >= 4 is 0 Å². The fourth-order valence-corrected chi connectivity index (χ4v) is 3.20. The highest BCUT2D eigenvalue weighted by molar-refractivity contribution is 5.59. The van der Waals surface area contributed by atoms with Crippen molar-refractivity contribution in [1.82, 2.24) is 19.7 Å². The third-order valence-corrected chi connectivity index (χ3v) is 4.37. The fourth-order valence-electron chi connectivity index (χ4n) is 3.20. The molecule has 1 aliphatic rings. The van der Waals surface area contributed by atoms with Gasteiger partial charge in [0.2, 0.25) is 0 Å². The molecule has 24 heavy (non-hydrogen) atoms. The molecule has 0 unspecified atom stereocenters. The molecule has 5 heteroatoms. The first kappa shape index (κ1) is 15.0. The van der Waals surface area contributed by atoms with Gasteiger partial charge in [-0.2, -0.15) is 5.10 Å². The molecule has 0 saturated carbocycles. The van der Waals surface area contributed by atoms with Crippen molar-refractivity contribution in [1.29, 1.82) is 0 Å². The number of hydrogen-bond acceptors (Lipinski definition) is 3. The van der Waals surface area contributed by atoms with E-state index in [0.29, 0.717) is 0 Å². The number of aryl methyl sites for hydroxylation is 1. The smallest absolute Gasteiger partial charge is 0.123 e. The van der Waals surface area contributed by atoms with Crippen LogP contribution in [-0.2, 0) is 19.6 Å². The summed E-state index contributed by atoms with van der Waals surface area (Å²) in [5, 5.41) is 4.68. The van der Waals surface area contributed by atoms with Crippen LogP contribution in [0.15, 0.2) is 54.9 Å².